The van der Waals surface area contributed by atoms with Gasteiger partial charge in [0.1, 0.15) is 12.1 Å². The molecule has 1 amide bonds. The van der Waals surface area contributed by atoms with E-state index in [0.717, 1.165) is 10.1 Å². The number of carbonyl (C=O) groups is 1. The predicted molar refractivity (Wildman–Crippen MR) is 95.0 cm³/mol. The first-order valence-electron chi connectivity index (χ1n) is 7.97. The third-order valence-corrected chi connectivity index (χ3v) is 4.08. The minimum absolute atomic E-state index is 0.0399. The van der Waals surface area contributed by atoms with Crippen LogP contribution < -0.4 is 10.9 Å². The first-order valence-corrected chi connectivity index (χ1v) is 7.97. The van der Waals surface area contributed by atoms with Crippen molar-refractivity contribution in [2.45, 2.75) is 19.1 Å². The van der Waals surface area contributed by atoms with Gasteiger partial charge >= 0.3 is 0 Å². The summed E-state index contributed by atoms with van der Waals surface area (Å²) >= 11 is 0. The van der Waals surface area contributed by atoms with Gasteiger partial charge in [-0.3, -0.25) is 9.59 Å². The molecule has 0 saturated carbocycles. The highest BCUT2D eigenvalue weighted by Gasteiger charge is 2.23. The van der Waals surface area contributed by atoms with Crippen molar-refractivity contribution in [3.8, 4) is 0 Å². The Labute approximate surface area is 144 Å². The standard InChI is InChI=1S/C19H19N3O3/c1-19(25,15-8-3-2-4-9-15)13-20-17(23)12-22-18(24)16-10-6-5-7-14(16)11-21-22/h2-11,25H,12-13H2,1H3,(H,20,23). The average Bonchev–Trinajstić information content (AvgIpc) is 2.63. The Balaban J connectivity index is 1.69. The van der Waals surface area contributed by atoms with Gasteiger partial charge in [-0.25, -0.2) is 4.68 Å². The van der Waals surface area contributed by atoms with Crippen LogP contribution in [-0.4, -0.2) is 27.3 Å². The van der Waals surface area contributed by atoms with Gasteiger partial charge in [0.2, 0.25) is 5.91 Å². The number of rotatable bonds is 5. The molecule has 0 aliphatic rings. The third kappa shape index (κ3) is 3.75. The van der Waals surface area contributed by atoms with Crippen molar-refractivity contribution in [1.29, 1.82) is 0 Å². The molecule has 128 valence electrons. The molecule has 2 N–H and O–H groups in total. The average molecular weight is 337 g/mol. The number of aliphatic hydroxyl groups is 1. The van der Waals surface area contributed by atoms with Gasteiger partial charge in [-0.2, -0.15) is 5.10 Å². The first kappa shape index (κ1) is 16.9. The van der Waals surface area contributed by atoms with Crippen LogP contribution in [0.3, 0.4) is 0 Å². The number of nitrogens with zero attached hydrogens (tertiary/aromatic N) is 2. The third-order valence-electron chi connectivity index (χ3n) is 4.08. The quantitative estimate of drug-likeness (QED) is 0.737. The lowest BCUT2D eigenvalue weighted by Gasteiger charge is -2.24. The van der Waals surface area contributed by atoms with Crippen molar-refractivity contribution < 1.29 is 9.90 Å². The summed E-state index contributed by atoms with van der Waals surface area (Å²) in [4.78, 5) is 24.5. The molecule has 6 nitrogen and oxygen atoms in total. The molecule has 0 radical (unpaired) electrons. The largest absolute Gasteiger partial charge is 0.384 e. The molecule has 3 rings (SSSR count). The summed E-state index contributed by atoms with van der Waals surface area (Å²) in [5.41, 5.74) is -0.807. The lowest BCUT2D eigenvalue weighted by molar-refractivity contribution is -0.123. The Bertz CT molecular complexity index is 949. The number of nitrogens with one attached hydrogen (secondary N) is 1. The van der Waals surface area contributed by atoms with Crippen LogP contribution in [0.5, 0.6) is 0 Å². The number of amides is 1. The summed E-state index contributed by atoms with van der Waals surface area (Å²) in [5, 5.41) is 18.4. The van der Waals surface area contributed by atoms with Crippen LogP contribution in [-0.2, 0) is 16.9 Å². The molecule has 1 unspecified atom stereocenters. The van der Waals surface area contributed by atoms with Crippen molar-refractivity contribution in [1.82, 2.24) is 15.1 Å². The fourth-order valence-electron chi connectivity index (χ4n) is 2.60. The van der Waals surface area contributed by atoms with Crippen LogP contribution in [0.2, 0.25) is 0 Å². The van der Waals surface area contributed by atoms with Gasteiger partial charge in [0.05, 0.1) is 18.1 Å². The summed E-state index contributed by atoms with van der Waals surface area (Å²) in [5.74, 6) is -0.388. The van der Waals surface area contributed by atoms with Gasteiger partial charge < -0.3 is 10.4 Å². The molecule has 0 aliphatic carbocycles. The highest BCUT2D eigenvalue weighted by atomic mass is 16.3. The zero-order valence-electron chi connectivity index (χ0n) is 13.8. The summed E-state index contributed by atoms with van der Waals surface area (Å²) in [6.45, 7) is 1.47. The van der Waals surface area contributed by atoms with E-state index in [4.69, 9.17) is 0 Å². The number of benzene rings is 2. The highest BCUT2D eigenvalue weighted by Crippen LogP contribution is 2.18. The smallest absolute Gasteiger partial charge is 0.275 e. The summed E-state index contributed by atoms with van der Waals surface area (Å²) in [6, 6.07) is 16.2. The fourth-order valence-corrected chi connectivity index (χ4v) is 2.60. The van der Waals surface area contributed by atoms with Gasteiger partial charge in [0.25, 0.3) is 5.56 Å². The van der Waals surface area contributed by atoms with E-state index in [0.29, 0.717) is 10.9 Å². The highest BCUT2D eigenvalue weighted by molar-refractivity contribution is 5.81. The second-order valence-corrected chi connectivity index (χ2v) is 6.11. The molecule has 0 saturated heterocycles. The monoisotopic (exact) mass is 337 g/mol. The summed E-state index contributed by atoms with van der Waals surface area (Å²) < 4.78 is 1.12. The number of carbonyl (C=O) groups excluding carboxylic acids is 1. The lowest BCUT2D eigenvalue weighted by Crippen LogP contribution is -2.41. The van der Waals surface area contributed by atoms with Crippen LogP contribution in [0.25, 0.3) is 10.8 Å². The van der Waals surface area contributed by atoms with Gasteiger partial charge in [0.15, 0.2) is 0 Å². The van der Waals surface area contributed by atoms with Crippen LogP contribution in [0.1, 0.15) is 12.5 Å². The van der Waals surface area contributed by atoms with E-state index < -0.39 is 5.60 Å². The molecule has 0 spiro atoms. The van der Waals surface area contributed by atoms with E-state index in [-0.39, 0.29) is 24.6 Å². The van der Waals surface area contributed by atoms with Gasteiger partial charge in [-0.15, -0.1) is 0 Å². The van der Waals surface area contributed by atoms with Crippen molar-refractivity contribution in [2.24, 2.45) is 0 Å². The van der Waals surface area contributed by atoms with Crippen LogP contribution >= 0.6 is 0 Å². The number of fused-ring (bicyclic) bond motifs is 1. The van der Waals surface area contributed by atoms with E-state index in [1.807, 2.05) is 24.3 Å². The summed E-state index contributed by atoms with van der Waals surface area (Å²) in [7, 11) is 0. The molecule has 0 fully saturated rings. The zero-order chi connectivity index (χ0) is 17.9. The van der Waals surface area contributed by atoms with Crippen molar-refractivity contribution in [3.63, 3.8) is 0 Å². The number of hydrogen-bond acceptors (Lipinski definition) is 4. The number of hydrogen-bond donors (Lipinski definition) is 2. The Morgan fingerprint density at radius 3 is 2.60 bits per heavy atom. The van der Waals surface area contributed by atoms with E-state index in [9.17, 15) is 14.7 Å². The summed E-state index contributed by atoms with van der Waals surface area (Å²) in [6.07, 6.45) is 1.56. The van der Waals surface area contributed by atoms with Crippen LogP contribution in [0.15, 0.2) is 65.6 Å². The maximum atomic E-state index is 12.4. The van der Waals surface area contributed by atoms with Gasteiger partial charge in [-0.1, -0.05) is 48.5 Å². The second kappa shape index (κ2) is 6.86. The Hall–Kier alpha value is -2.99. The van der Waals surface area contributed by atoms with E-state index in [1.54, 1.807) is 43.5 Å². The van der Waals surface area contributed by atoms with Gasteiger partial charge in [0, 0.05) is 5.39 Å². The molecule has 3 aromatic rings. The van der Waals surface area contributed by atoms with E-state index in [1.165, 1.54) is 0 Å². The fraction of sp³-hybridized carbons (Fsp3) is 0.211. The molecular weight excluding hydrogens is 318 g/mol. The predicted octanol–water partition coefficient (Wildman–Crippen LogP) is 1.42. The van der Waals surface area contributed by atoms with Gasteiger partial charge in [-0.05, 0) is 18.6 Å². The van der Waals surface area contributed by atoms with Crippen molar-refractivity contribution in [3.05, 3.63) is 76.7 Å². The molecule has 6 heteroatoms. The molecule has 1 heterocycles. The minimum atomic E-state index is -1.20. The molecule has 0 aliphatic heterocycles. The first-order chi connectivity index (χ1) is 12.0. The maximum Gasteiger partial charge on any atom is 0.275 e. The van der Waals surface area contributed by atoms with Crippen LogP contribution in [0, 0.1) is 0 Å². The van der Waals surface area contributed by atoms with E-state index in [2.05, 4.69) is 10.4 Å². The zero-order valence-corrected chi connectivity index (χ0v) is 13.8. The SMILES string of the molecule is CC(O)(CNC(=O)Cn1ncc2ccccc2c1=O)c1ccccc1. The Morgan fingerprint density at radius 2 is 1.84 bits per heavy atom. The van der Waals surface area contributed by atoms with Crippen LogP contribution in [0.4, 0.5) is 0 Å². The molecule has 1 atom stereocenters. The molecule has 1 aromatic heterocycles. The van der Waals surface area contributed by atoms with Crippen molar-refractivity contribution in [2.75, 3.05) is 6.54 Å². The van der Waals surface area contributed by atoms with E-state index >= 15 is 0 Å². The molecule has 0 bridgehead atoms. The maximum absolute atomic E-state index is 12.4. The molecule has 25 heavy (non-hydrogen) atoms. The Kier molecular flexibility index (Phi) is 4.63. The number of aromatic nitrogens is 2. The molecular formula is C19H19N3O3. The second-order valence-electron chi connectivity index (χ2n) is 6.11. The van der Waals surface area contributed by atoms with Crippen molar-refractivity contribution >= 4 is 16.7 Å². The minimum Gasteiger partial charge on any atom is -0.384 e. The topological polar surface area (TPSA) is 84.2 Å². The normalized spacial score (nSPS) is 13.4. The molecule has 2 aromatic carbocycles. The lowest BCUT2D eigenvalue weighted by atomic mass is 9.96. The Morgan fingerprint density at radius 1 is 1.16 bits per heavy atom.